The van der Waals surface area contributed by atoms with Gasteiger partial charge in [0.2, 0.25) is 10.0 Å². The van der Waals surface area contributed by atoms with Crippen molar-refractivity contribution in [3.05, 3.63) is 21.6 Å². The average Bonchev–Trinajstić information content (AvgIpc) is 2.89. The van der Waals surface area contributed by atoms with Gasteiger partial charge in [0.25, 0.3) is 0 Å². The zero-order valence-corrected chi connectivity index (χ0v) is 14.0. The Balaban J connectivity index is 2.24. The van der Waals surface area contributed by atoms with Crippen molar-refractivity contribution in [3.63, 3.8) is 0 Å². The highest BCUT2D eigenvalue weighted by molar-refractivity contribution is 9.10. The molecule has 0 aromatic heterocycles. The van der Waals surface area contributed by atoms with E-state index in [1.807, 2.05) is 0 Å². The van der Waals surface area contributed by atoms with Gasteiger partial charge in [0.15, 0.2) is 5.75 Å². The zero-order chi connectivity index (χ0) is 14.8. The number of nitrogens with one attached hydrogen (secondary N) is 1. The third-order valence-corrected chi connectivity index (χ3v) is 5.23. The van der Waals surface area contributed by atoms with Crippen molar-refractivity contribution in [3.8, 4) is 5.75 Å². The van der Waals surface area contributed by atoms with E-state index in [0.29, 0.717) is 16.1 Å². The smallest absolute Gasteiger partial charge is 0.244 e. The van der Waals surface area contributed by atoms with Crippen molar-refractivity contribution in [1.29, 1.82) is 0 Å². The minimum absolute atomic E-state index is 0.0115. The van der Waals surface area contributed by atoms with Crippen LogP contribution in [0.5, 0.6) is 5.75 Å². The zero-order valence-electron chi connectivity index (χ0n) is 10.9. The minimum atomic E-state index is -3.70. The van der Waals surface area contributed by atoms with Crippen molar-refractivity contribution in [1.82, 2.24) is 4.72 Å². The number of sulfonamides is 1. The first-order valence-corrected chi connectivity index (χ1v) is 8.74. The highest BCUT2D eigenvalue weighted by Crippen LogP contribution is 2.35. The second kappa shape index (κ2) is 6.62. The Morgan fingerprint density at radius 1 is 1.55 bits per heavy atom. The predicted molar refractivity (Wildman–Crippen MR) is 79.9 cm³/mol. The first-order valence-electron chi connectivity index (χ1n) is 6.08. The van der Waals surface area contributed by atoms with Crippen molar-refractivity contribution >= 4 is 37.6 Å². The molecule has 1 heterocycles. The summed E-state index contributed by atoms with van der Waals surface area (Å²) in [4.78, 5) is 0.0115. The molecule has 2 rings (SSSR count). The number of hydrogen-bond donors (Lipinski definition) is 1. The lowest BCUT2D eigenvalue weighted by Crippen LogP contribution is -2.32. The van der Waals surface area contributed by atoms with Crippen LogP contribution in [0.3, 0.4) is 0 Å². The Kier molecular flexibility index (Phi) is 5.30. The van der Waals surface area contributed by atoms with Crippen molar-refractivity contribution in [2.75, 3.05) is 20.3 Å². The van der Waals surface area contributed by atoms with Crippen LogP contribution in [-0.2, 0) is 14.8 Å². The van der Waals surface area contributed by atoms with Crippen molar-refractivity contribution in [2.24, 2.45) is 0 Å². The van der Waals surface area contributed by atoms with E-state index in [9.17, 15) is 8.42 Å². The van der Waals surface area contributed by atoms with Gasteiger partial charge in [0.05, 0.1) is 17.7 Å². The maximum Gasteiger partial charge on any atom is 0.244 e. The van der Waals surface area contributed by atoms with Crippen LogP contribution in [0.15, 0.2) is 21.5 Å². The Morgan fingerprint density at radius 2 is 2.30 bits per heavy atom. The maximum atomic E-state index is 12.3. The van der Waals surface area contributed by atoms with Gasteiger partial charge in [-0.25, -0.2) is 13.1 Å². The van der Waals surface area contributed by atoms with Crippen LogP contribution in [0, 0.1) is 0 Å². The summed E-state index contributed by atoms with van der Waals surface area (Å²) >= 11 is 9.15. The molecular formula is C12H15BrClNO4S. The molecule has 8 heteroatoms. The summed E-state index contributed by atoms with van der Waals surface area (Å²) in [6, 6.07) is 2.95. The third-order valence-electron chi connectivity index (χ3n) is 2.99. The monoisotopic (exact) mass is 383 g/mol. The Labute approximate surface area is 131 Å². The summed E-state index contributed by atoms with van der Waals surface area (Å²) < 4.78 is 38.2. The van der Waals surface area contributed by atoms with Crippen LogP contribution < -0.4 is 9.46 Å². The van der Waals surface area contributed by atoms with E-state index in [2.05, 4.69) is 20.7 Å². The second-order valence-corrected chi connectivity index (χ2v) is 7.43. The van der Waals surface area contributed by atoms with E-state index in [0.717, 1.165) is 12.8 Å². The molecule has 1 atom stereocenters. The molecule has 0 aliphatic carbocycles. The molecule has 1 saturated heterocycles. The summed E-state index contributed by atoms with van der Waals surface area (Å²) in [6.45, 7) is 0.925. The summed E-state index contributed by atoms with van der Waals surface area (Å²) in [5, 5.41) is 0.315. The van der Waals surface area contributed by atoms with Crippen LogP contribution in [0.25, 0.3) is 0 Å². The summed E-state index contributed by atoms with van der Waals surface area (Å²) in [5.74, 6) is 0.231. The summed E-state index contributed by atoms with van der Waals surface area (Å²) in [7, 11) is -2.30. The van der Waals surface area contributed by atoms with E-state index >= 15 is 0 Å². The fourth-order valence-corrected chi connectivity index (χ4v) is 4.47. The van der Waals surface area contributed by atoms with E-state index in [1.165, 1.54) is 13.2 Å². The summed E-state index contributed by atoms with van der Waals surface area (Å²) in [5.41, 5.74) is 0. The van der Waals surface area contributed by atoms with Gasteiger partial charge in [-0.3, -0.25) is 0 Å². The molecule has 0 spiro atoms. The van der Waals surface area contributed by atoms with Gasteiger partial charge in [0, 0.05) is 18.2 Å². The molecule has 1 aromatic rings. The number of hydrogen-bond acceptors (Lipinski definition) is 4. The van der Waals surface area contributed by atoms with E-state index in [4.69, 9.17) is 21.1 Å². The fourth-order valence-electron chi connectivity index (χ4n) is 2.02. The molecule has 1 aliphatic rings. The second-order valence-electron chi connectivity index (χ2n) is 4.41. The SMILES string of the molecule is COc1c(Br)cc(Cl)cc1S(=O)(=O)NCC1CCCO1. The molecule has 1 unspecified atom stereocenters. The molecule has 0 bridgehead atoms. The molecule has 112 valence electrons. The minimum Gasteiger partial charge on any atom is -0.494 e. The molecule has 5 nitrogen and oxygen atoms in total. The first kappa shape index (κ1) is 16.0. The molecular weight excluding hydrogens is 370 g/mol. The lowest BCUT2D eigenvalue weighted by molar-refractivity contribution is 0.114. The molecule has 1 aromatic carbocycles. The van der Waals surface area contributed by atoms with Gasteiger partial charge in [-0.1, -0.05) is 11.6 Å². The standard InChI is InChI=1S/C12H15BrClNO4S/c1-18-12-10(13)5-8(14)6-11(12)20(16,17)15-7-9-3-2-4-19-9/h5-6,9,15H,2-4,7H2,1H3. The topological polar surface area (TPSA) is 64.6 Å². The van der Waals surface area contributed by atoms with Crippen LogP contribution in [0.1, 0.15) is 12.8 Å². The molecule has 0 saturated carbocycles. The number of benzene rings is 1. The molecule has 1 N–H and O–H groups in total. The third kappa shape index (κ3) is 3.65. The van der Waals surface area contributed by atoms with Gasteiger partial charge in [-0.15, -0.1) is 0 Å². The lowest BCUT2D eigenvalue weighted by Gasteiger charge is -2.14. The Hall–Kier alpha value is -0.340. The number of rotatable bonds is 5. The van der Waals surface area contributed by atoms with E-state index < -0.39 is 10.0 Å². The lowest BCUT2D eigenvalue weighted by atomic mass is 10.2. The predicted octanol–water partition coefficient (Wildman–Crippen LogP) is 2.57. The molecule has 0 radical (unpaired) electrons. The van der Waals surface area contributed by atoms with Crippen LogP contribution in [0.2, 0.25) is 5.02 Å². The average molecular weight is 385 g/mol. The number of ether oxygens (including phenoxy) is 2. The highest BCUT2D eigenvalue weighted by atomic mass is 79.9. The summed E-state index contributed by atoms with van der Waals surface area (Å²) in [6.07, 6.45) is 1.75. The maximum absolute atomic E-state index is 12.3. The fraction of sp³-hybridized carbons (Fsp3) is 0.500. The van der Waals surface area contributed by atoms with E-state index in [-0.39, 0.29) is 23.3 Å². The van der Waals surface area contributed by atoms with Gasteiger partial charge in [-0.2, -0.15) is 0 Å². The van der Waals surface area contributed by atoms with E-state index in [1.54, 1.807) is 6.07 Å². The number of methoxy groups -OCH3 is 1. The van der Waals surface area contributed by atoms with Crippen molar-refractivity contribution < 1.29 is 17.9 Å². The van der Waals surface area contributed by atoms with Gasteiger partial charge in [-0.05, 0) is 40.9 Å². The quantitative estimate of drug-likeness (QED) is 0.847. The number of halogens is 2. The molecule has 0 amide bonds. The van der Waals surface area contributed by atoms with Gasteiger partial charge < -0.3 is 9.47 Å². The Morgan fingerprint density at radius 3 is 2.90 bits per heavy atom. The van der Waals surface area contributed by atoms with Gasteiger partial charge >= 0.3 is 0 Å². The molecule has 20 heavy (non-hydrogen) atoms. The largest absolute Gasteiger partial charge is 0.494 e. The highest BCUT2D eigenvalue weighted by Gasteiger charge is 2.24. The Bertz CT molecular complexity index is 587. The van der Waals surface area contributed by atoms with Crippen molar-refractivity contribution in [2.45, 2.75) is 23.8 Å². The van der Waals surface area contributed by atoms with Gasteiger partial charge in [0.1, 0.15) is 4.90 Å². The molecule has 1 aliphatic heterocycles. The normalized spacial score (nSPS) is 19.2. The first-order chi connectivity index (χ1) is 9.44. The molecule has 1 fully saturated rings. The van der Waals surface area contributed by atoms with Crippen LogP contribution in [-0.4, -0.2) is 34.8 Å². The van der Waals surface area contributed by atoms with Crippen LogP contribution in [0.4, 0.5) is 0 Å². The van der Waals surface area contributed by atoms with Crippen LogP contribution >= 0.6 is 27.5 Å².